The molecule has 0 spiro atoms. The number of rotatable bonds is 6. The summed E-state index contributed by atoms with van der Waals surface area (Å²) in [5.74, 6) is 3.79. The Kier molecular flexibility index (Phi) is 7.10. The van der Waals surface area contributed by atoms with Gasteiger partial charge in [0.1, 0.15) is 5.82 Å². The minimum absolute atomic E-state index is 0.531. The van der Waals surface area contributed by atoms with Crippen LogP contribution < -0.4 is 0 Å². The number of halogens is 1. The molecule has 2 saturated carbocycles. The molecule has 0 radical (unpaired) electrons. The molecule has 1 aromatic heterocycles. The van der Waals surface area contributed by atoms with Gasteiger partial charge in [-0.25, -0.2) is 9.97 Å². The number of aromatic nitrogens is 2. The van der Waals surface area contributed by atoms with E-state index in [4.69, 9.17) is 21.6 Å². The van der Waals surface area contributed by atoms with Gasteiger partial charge in [0.05, 0.1) is 0 Å². The van der Waals surface area contributed by atoms with Crippen LogP contribution >= 0.6 is 11.6 Å². The van der Waals surface area contributed by atoms with Crippen molar-refractivity contribution < 1.29 is 0 Å². The van der Waals surface area contributed by atoms with E-state index in [-0.39, 0.29) is 0 Å². The zero-order valence-corrected chi connectivity index (χ0v) is 16.0. The predicted octanol–water partition coefficient (Wildman–Crippen LogP) is 6.74. The van der Waals surface area contributed by atoms with Gasteiger partial charge in [0, 0.05) is 23.8 Å². The zero-order valence-electron chi connectivity index (χ0n) is 15.2. The molecular weight excluding hydrogens is 328 g/mol. The summed E-state index contributed by atoms with van der Waals surface area (Å²) < 4.78 is 0. The molecule has 0 atom stereocenters. The Morgan fingerprint density at radius 3 is 2.20 bits per heavy atom. The van der Waals surface area contributed by atoms with Crippen LogP contribution in [0, 0.1) is 11.8 Å². The Labute approximate surface area is 157 Å². The number of hydrogen-bond donors (Lipinski definition) is 0. The van der Waals surface area contributed by atoms with Crippen LogP contribution in [0.4, 0.5) is 0 Å². The van der Waals surface area contributed by atoms with Gasteiger partial charge < -0.3 is 0 Å². The van der Waals surface area contributed by atoms with Crippen molar-refractivity contribution in [3.05, 3.63) is 48.0 Å². The summed E-state index contributed by atoms with van der Waals surface area (Å²) in [7, 11) is 0. The molecule has 0 aliphatic heterocycles. The fourth-order valence-corrected chi connectivity index (χ4v) is 4.79. The second-order valence-electron chi connectivity index (χ2n) is 7.89. The minimum atomic E-state index is 0.531. The molecule has 0 saturated heterocycles. The molecule has 1 heterocycles. The number of nitrogens with zero attached hydrogens (tertiary/aromatic N) is 2. The van der Waals surface area contributed by atoms with Crippen LogP contribution in [-0.4, -0.2) is 9.97 Å². The smallest absolute Gasteiger partial charge is 0.131 e. The van der Waals surface area contributed by atoms with Gasteiger partial charge in [-0.3, -0.25) is 0 Å². The summed E-state index contributed by atoms with van der Waals surface area (Å²) in [4.78, 5) is 9.50. The van der Waals surface area contributed by atoms with Crippen molar-refractivity contribution in [3.63, 3.8) is 0 Å². The van der Waals surface area contributed by atoms with Crippen molar-refractivity contribution in [1.82, 2.24) is 9.97 Å². The average molecular weight is 359 g/mol. The van der Waals surface area contributed by atoms with Gasteiger partial charge >= 0.3 is 0 Å². The number of hydrogen-bond acceptors (Lipinski definition) is 2. The van der Waals surface area contributed by atoms with Crippen molar-refractivity contribution in [1.29, 1.82) is 0 Å². The quantitative estimate of drug-likeness (QED) is 0.526. The fourth-order valence-electron chi connectivity index (χ4n) is 4.58. The Morgan fingerprint density at radius 1 is 0.960 bits per heavy atom. The van der Waals surface area contributed by atoms with Crippen molar-refractivity contribution >= 4 is 11.6 Å². The molecule has 2 fully saturated rings. The first kappa shape index (κ1) is 18.6. The lowest BCUT2D eigenvalue weighted by atomic mass is 9.78. The molecule has 136 valence electrons. The van der Waals surface area contributed by atoms with Gasteiger partial charge in [-0.15, -0.1) is 6.58 Å². The molecule has 2 aliphatic rings. The molecule has 0 N–H and O–H groups in total. The van der Waals surface area contributed by atoms with Crippen LogP contribution in [0.3, 0.4) is 0 Å². The second kappa shape index (κ2) is 9.52. The standard InChI is InChI=1S/C22H31ClN2/c1-2-3-4-17-5-9-19(10-6-17)21-15-24-22(25-16-21)20-11-7-18(8-12-20)13-14-23/h2,13-20H,1,3-12H2. The highest BCUT2D eigenvalue weighted by molar-refractivity contribution is 6.25. The molecule has 0 unspecified atom stereocenters. The third-order valence-electron chi connectivity index (χ3n) is 6.27. The molecule has 0 aromatic carbocycles. The van der Waals surface area contributed by atoms with Crippen LogP contribution in [0.5, 0.6) is 0 Å². The Bertz CT molecular complexity index is 550. The molecule has 0 amide bonds. The first-order chi connectivity index (χ1) is 12.3. The van der Waals surface area contributed by atoms with E-state index < -0.39 is 0 Å². The molecule has 0 bridgehead atoms. The van der Waals surface area contributed by atoms with Crippen LogP contribution in [0.25, 0.3) is 0 Å². The van der Waals surface area contributed by atoms with Crippen LogP contribution in [0.2, 0.25) is 0 Å². The highest BCUT2D eigenvalue weighted by atomic mass is 35.5. The largest absolute Gasteiger partial charge is 0.241 e. The van der Waals surface area contributed by atoms with Crippen molar-refractivity contribution in [2.24, 2.45) is 11.8 Å². The molecule has 3 heteroatoms. The summed E-state index contributed by atoms with van der Waals surface area (Å²) in [6, 6.07) is 0. The lowest BCUT2D eigenvalue weighted by Crippen LogP contribution is -2.16. The van der Waals surface area contributed by atoms with Crippen molar-refractivity contribution in [2.75, 3.05) is 0 Å². The van der Waals surface area contributed by atoms with Crippen molar-refractivity contribution in [2.45, 2.75) is 76.0 Å². The number of allylic oxidation sites excluding steroid dienone is 2. The summed E-state index contributed by atoms with van der Waals surface area (Å²) in [6.07, 6.45) is 20.9. The molecule has 25 heavy (non-hydrogen) atoms. The summed E-state index contributed by atoms with van der Waals surface area (Å²) in [6.45, 7) is 3.84. The van der Waals surface area contributed by atoms with E-state index in [9.17, 15) is 0 Å². The molecule has 2 aliphatic carbocycles. The van der Waals surface area contributed by atoms with Crippen LogP contribution in [0.15, 0.2) is 36.7 Å². The van der Waals surface area contributed by atoms with E-state index in [2.05, 4.69) is 31.1 Å². The van der Waals surface area contributed by atoms with E-state index in [0.717, 1.165) is 18.2 Å². The normalized spacial score (nSPS) is 30.4. The Balaban J connectivity index is 1.50. The average Bonchev–Trinajstić information content (AvgIpc) is 2.68. The highest BCUT2D eigenvalue weighted by Gasteiger charge is 2.25. The highest BCUT2D eigenvalue weighted by Crippen LogP contribution is 2.38. The van der Waals surface area contributed by atoms with Gasteiger partial charge in [-0.2, -0.15) is 0 Å². The van der Waals surface area contributed by atoms with E-state index in [1.807, 2.05) is 0 Å². The molecular formula is C22H31ClN2. The maximum atomic E-state index is 5.70. The van der Waals surface area contributed by atoms with Gasteiger partial charge in [0.2, 0.25) is 0 Å². The Hall–Kier alpha value is -1.15. The van der Waals surface area contributed by atoms with E-state index >= 15 is 0 Å². The summed E-state index contributed by atoms with van der Waals surface area (Å²) in [5, 5.41) is 0. The van der Waals surface area contributed by atoms with E-state index in [0.29, 0.717) is 17.8 Å². The monoisotopic (exact) mass is 358 g/mol. The maximum Gasteiger partial charge on any atom is 0.131 e. The molecule has 2 nitrogen and oxygen atoms in total. The lowest BCUT2D eigenvalue weighted by Gasteiger charge is -2.29. The maximum absolute atomic E-state index is 5.70. The van der Waals surface area contributed by atoms with Gasteiger partial charge in [0.15, 0.2) is 0 Å². The third-order valence-corrected chi connectivity index (χ3v) is 6.42. The fraction of sp³-hybridized carbons (Fsp3) is 0.636. The van der Waals surface area contributed by atoms with E-state index in [1.54, 1.807) is 5.54 Å². The lowest BCUT2D eigenvalue weighted by molar-refractivity contribution is 0.311. The first-order valence-electron chi connectivity index (χ1n) is 9.99. The molecule has 1 aromatic rings. The third kappa shape index (κ3) is 5.17. The molecule has 3 rings (SSSR count). The van der Waals surface area contributed by atoms with Crippen molar-refractivity contribution in [3.8, 4) is 0 Å². The predicted molar refractivity (Wildman–Crippen MR) is 106 cm³/mol. The minimum Gasteiger partial charge on any atom is -0.241 e. The van der Waals surface area contributed by atoms with E-state index in [1.165, 1.54) is 63.4 Å². The summed E-state index contributed by atoms with van der Waals surface area (Å²) >= 11 is 5.70. The van der Waals surface area contributed by atoms with Crippen LogP contribution in [-0.2, 0) is 0 Å². The summed E-state index contributed by atoms with van der Waals surface area (Å²) in [5.41, 5.74) is 3.02. The van der Waals surface area contributed by atoms with Gasteiger partial charge in [0.25, 0.3) is 0 Å². The Morgan fingerprint density at radius 2 is 1.60 bits per heavy atom. The first-order valence-corrected chi connectivity index (χ1v) is 10.4. The van der Waals surface area contributed by atoms with Crippen LogP contribution in [0.1, 0.15) is 87.4 Å². The topological polar surface area (TPSA) is 25.8 Å². The SMILES string of the molecule is C=CCCC1CCC(c2cnc(C3CCC(C=CCl)CC3)nc2)CC1. The zero-order chi connectivity index (χ0) is 17.5. The van der Waals surface area contributed by atoms with Gasteiger partial charge in [-0.1, -0.05) is 23.8 Å². The second-order valence-corrected chi connectivity index (χ2v) is 8.14. The van der Waals surface area contributed by atoms with Gasteiger partial charge in [-0.05, 0) is 87.5 Å².